The number of carbonyl (C=O) groups excluding carboxylic acids is 1. The second kappa shape index (κ2) is 4.19. The van der Waals surface area contributed by atoms with Crippen LogP contribution in [0.4, 0.5) is 0 Å². The van der Waals surface area contributed by atoms with Crippen LogP contribution in [0, 0.1) is 0 Å². The molecule has 2 nitrogen and oxygen atoms in total. The molecule has 0 amide bonds. The zero-order valence-corrected chi connectivity index (χ0v) is 6.60. The number of carbonyl (C=O) groups is 1. The average molecular weight is 158 g/mol. The van der Waals surface area contributed by atoms with Crippen LogP contribution in [-0.2, 0) is 10.5 Å². The molecular formula is C7H10O2S. The molecule has 56 valence electrons. The highest BCUT2D eigenvalue weighted by Crippen LogP contribution is 2.16. The van der Waals surface area contributed by atoms with Gasteiger partial charge >= 0.3 is 0 Å². The van der Waals surface area contributed by atoms with E-state index >= 15 is 0 Å². The third kappa shape index (κ3) is 2.75. The van der Waals surface area contributed by atoms with Gasteiger partial charge in [0.1, 0.15) is 10.8 Å². The molecular weight excluding hydrogens is 148 g/mol. The van der Waals surface area contributed by atoms with Gasteiger partial charge in [0, 0.05) is 0 Å². The Kier molecular flexibility index (Phi) is 3.91. The average Bonchev–Trinajstić information content (AvgIpc) is 2.15. The van der Waals surface area contributed by atoms with Crippen LogP contribution in [0.25, 0.3) is 0 Å². The van der Waals surface area contributed by atoms with Crippen molar-refractivity contribution in [1.29, 1.82) is 0 Å². The molecule has 1 aromatic rings. The summed E-state index contributed by atoms with van der Waals surface area (Å²) >= 11 is 0. The van der Waals surface area contributed by atoms with Gasteiger partial charge in [-0.3, -0.25) is 4.79 Å². The summed E-state index contributed by atoms with van der Waals surface area (Å²) in [6.07, 6.45) is 0. The Hall–Kier alpha value is -0.670. The minimum Gasteiger partial charge on any atom is -0.870 e. The van der Waals surface area contributed by atoms with Crippen LogP contribution in [-0.4, -0.2) is 11.3 Å². The molecule has 1 heterocycles. The Bertz CT molecular complexity index is 191. The molecule has 0 aliphatic rings. The summed E-state index contributed by atoms with van der Waals surface area (Å²) < 4.78 is 0. The molecule has 0 atom stereocenters. The Labute approximate surface area is 62.8 Å². The third-order valence-electron chi connectivity index (χ3n) is 0.988. The van der Waals surface area contributed by atoms with Crippen LogP contribution in [0.3, 0.4) is 0 Å². The topological polar surface area (TPSA) is 47.1 Å². The monoisotopic (exact) mass is 158 g/mol. The van der Waals surface area contributed by atoms with Crippen molar-refractivity contribution in [3.05, 3.63) is 22.9 Å². The molecule has 0 bridgehead atoms. The maximum Gasteiger partial charge on any atom is 0.185 e. The maximum absolute atomic E-state index is 10.5. The van der Waals surface area contributed by atoms with E-state index in [0.717, 1.165) is 0 Å². The van der Waals surface area contributed by atoms with Crippen molar-refractivity contribution in [1.82, 2.24) is 0 Å². The van der Waals surface area contributed by atoms with Crippen LogP contribution in [0.1, 0.15) is 6.92 Å². The van der Waals surface area contributed by atoms with Gasteiger partial charge in [0.15, 0.2) is 11.5 Å². The van der Waals surface area contributed by atoms with Crippen molar-refractivity contribution < 1.29 is 10.3 Å². The number of ketones is 1. The van der Waals surface area contributed by atoms with Gasteiger partial charge in [-0.2, -0.15) is 0 Å². The summed E-state index contributed by atoms with van der Waals surface area (Å²) in [5, 5.41) is 4.14. The van der Waals surface area contributed by atoms with E-state index in [2.05, 4.69) is 10.8 Å². The first-order valence-electron chi connectivity index (χ1n) is 2.82. The van der Waals surface area contributed by atoms with E-state index in [1.165, 1.54) is 0 Å². The highest BCUT2D eigenvalue weighted by molar-refractivity contribution is 7.28. The van der Waals surface area contributed by atoms with Crippen molar-refractivity contribution in [3.63, 3.8) is 0 Å². The van der Waals surface area contributed by atoms with Gasteiger partial charge in [0.25, 0.3) is 0 Å². The minimum absolute atomic E-state index is 0. The predicted molar refractivity (Wildman–Crippen MR) is 41.5 cm³/mol. The van der Waals surface area contributed by atoms with E-state index in [1.807, 2.05) is 12.1 Å². The van der Waals surface area contributed by atoms with E-state index in [-0.39, 0.29) is 21.7 Å². The van der Waals surface area contributed by atoms with Crippen molar-refractivity contribution in [2.45, 2.75) is 12.7 Å². The van der Waals surface area contributed by atoms with E-state index in [4.69, 9.17) is 0 Å². The quantitative estimate of drug-likeness (QED) is 0.616. The van der Waals surface area contributed by atoms with E-state index in [0.29, 0.717) is 5.75 Å². The predicted octanol–water partition coefficient (Wildman–Crippen LogP) is 1.85. The number of Topliss-reactive ketones (excluding diaryl/α,β-unsaturated/α-hetero) is 1. The Morgan fingerprint density at radius 1 is 1.40 bits per heavy atom. The van der Waals surface area contributed by atoms with Crippen molar-refractivity contribution >= 4 is 16.3 Å². The number of rotatable bonds is 2. The molecule has 0 spiro atoms. The molecule has 10 heavy (non-hydrogen) atoms. The Balaban J connectivity index is 0.000000810. The molecule has 0 aliphatic heterocycles. The Morgan fingerprint density at radius 3 is 2.30 bits per heavy atom. The summed E-state index contributed by atoms with van der Waals surface area (Å²) in [6, 6.07) is 3.98. The van der Waals surface area contributed by atoms with Crippen LogP contribution < -0.4 is 0 Å². The number of thiophene rings is 1. The van der Waals surface area contributed by atoms with E-state index in [9.17, 15) is 4.79 Å². The first kappa shape index (κ1) is 9.33. The highest BCUT2D eigenvalue weighted by Gasteiger charge is 2.03. The largest absolute Gasteiger partial charge is 0.870 e. The summed E-state index contributed by atoms with van der Waals surface area (Å²) in [6.45, 7) is 1.63. The Morgan fingerprint density at radius 2 is 1.90 bits per heavy atom. The van der Waals surface area contributed by atoms with Crippen LogP contribution in [0.15, 0.2) is 22.9 Å². The fraction of sp³-hybridized carbons (Fsp3) is 0.286. The minimum atomic E-state index is 0. The van der Waals surface area contributed by atoms with Crippen molar-refractivity contribution in [2.75, 3.05) is 0 Å². The molecule has 0 saturated heterocycles. The second-order valence-corrected chi connectivity index (χ2v) is 3.74. The van der Waals surface area contributed by atoms with Gasteiger partial charge in [-0.1, -0.05) is 0 Å². The molecule has 0 radical (unpaired) electrons. The first-order chi connectivity index (χ1) is 4.29. The summed E-state index contributed by atoms with van der Waals surface area (Å²) in [5.74, 6) is 0.960. The van der Waals surface area contributed by atoms with Gasteiger partial charge in [0.2, 0.25) is 0 Å². The van der Waals surface area contributed by atoms with E-state index in [1.54, 1.807) is 6.92 Å². The molecule has 1 N–H and O–H groups in total. The molecule has 0 unspecified atom stereocenters. The van der Waals surface area contributed by atoms with Gasteiger partial charge in [0.05, 0.1) is 0 Å². The molecule has 0 fully saturated rings. The zero-order valence-electron chi connectivity index (χ0n) is 5.78. The van der Waals surface area contributed by atoms with Gasteiger partial charge in [-0.15, -0.1) is 0 Å². The lowest BCUT2D eigenvalue weighted by molar-refractivity contribution is -0.115. The second-order valence-electron chi connectivity index (χ2n) is 1.97. The summed E-state index contributed by atoms with van der Waals surface area (Å²) in [7, 11) is 0.132. The van der Waals surface area contributed by atoms with E-state index < -0.39 is 0 Å². The molecule has 0 aromatic carbocycles. The lowest BCUT2D eigenvalue weighted by Crippen LogP contribution is -1.87. The molecule has 0 saturated carbocycles. The SMILES string of the molecule is CC(=O)C[s+]1cccc1.[OH-]. The number of hydrogen-bond acceptors (Lipinski definition) is 2. The fourth-order valence-electron chi connectivity index (χ4n) is 0.669. The smallest absolute Gasteiger partial charge is 0.185 e. The lowest BCUT2D eigenvalue weighted by Gasteiger charge is -1.78. The normalized spacial score (nSPS) is 8.50. The van der Waals surface area contributed by atoms with Gasteiger partial charge in [-0.25, -0.2) is 0 Å². The van der Waals surface area contributed by atoms with Crippen molar-refractivity contribution in [3.8, 4) is 0 Å². The highest BCUT2D eigenvalue weighted by atomic mass is 32.2. The third-order valence-corrected chi connectivity index (χ3v) is 2.74. The standard InChI is InChI=1S/C7H9OS.H2O/c1-7(8)6-9-4-2-3-5-9;/h2-5H,6H2,1H3;1H2/q+1;/p-1. The fourth-order valence-corrected chi connectivity index (χ4v) is 2.01. The summed E-state index contributed by atoms with van der Waals surface area (Å²) in [5.41, 5.74) is 0. The van der Waals surface area contributed by atoms with Crippen LogP contribution >= 0.6 is 10.5 Å². The van der Waals surface area contributed by atoms with Gasteiger partial charge < -0.3 is 5.48 Å². The van der Waals surface area contributed by atoms with Crippen LogP contribution in [0.2, 0.25) is 0 Å². The van der Waals surface area contributed by atoms with Gasteiger partial charge in [-0.05, 0) is 29.5 Å². The summed E-state index contributed by atoms with van der Waals surface area (Å²) in [4.78, 5) is 10.5. The van der Waals surface area contributed by atoms with Crippen molar-refractivity contribution in [2.24, 2.45) is 0 Å². The zero-order chi connectivity index (χ0) is 6.69. The molecule has 3 heteroatoms. The molecule has 1 aromatic heterocycles. The number of hydrogen-bond donors (Lipinski definition) is 0. The first-order valence-corrected chi connectivity index (χ1v) is 4.34. The van der Waals surface area contributed by atoms with Crippen LogP contribution in [0.5, 0.6) is 0 Å². The lowest BCUT2D eigenvalue weighted by atomic mass is 10.5. The molecule has 1 rings (SSSR count). The maximum atomic E-state index is 10.5. The molecule has 0 aliphatic carbocycles.